The molecule has 1 aromatic carbocycles. The van der Waals surface area contributed by atoms with Crippen molar-refractivity contribution >= 4 is 11.7 Å². The van der Waals surface area contributed by atoms with Gasteiger partial charge in [0.2, 0.25) is 0 Å². The van der Waals surface area contributed by atoms with Crippen LogP contribution in [0.3, 0.4) is 0 Å². The van der Waals surface area contributed by atoms with Gasteiger partial charge in [-0.25, -0.2) is 0 Å². The molecule has 0 N–H and O–H groups in total. The smallest absolute Gasteiger partial charge is 0.273 e. The van der Waals surface area contributed by atoms with E-state index in [-0.39, 0.29) is 17.0 Å². The first-order valence-electron chi connectivity index (χ1n) is 3.60. The molecule has 0 amide bonds. The lowest BCUT2D eigenvalue weighted by Gasteiger charge is -2.07. The summed E-state index contributed by atoms with van der Waals surface area (Å²) in [5, 5.41) is 20.8. The average Bonchev–Trinajstić information content (AvgIpc) is 2.16. The first-order valence-corrected chi connectivity index (χ1v) is 3.60. The second kappa shape index (κ2) is 3.73. The minimum absolute atomic E-state index is 0.0841. The van der Waals surface area contributed by atoms with Gasteiger partial charge in [-0.2, -0.15) is 0 Å². The largest absolute Gasteiger partial charge is 0.545 e. The average molecular weight is 196 g/mol. The second-order valence-corrected chi connectivity index (χ2v) is 2.43. The van der Waals surface area contributed by atoms with Crippen LogP contribution in [-0.4, -0.2) is 18.0 Å². The van der Waals surface area contributed by atoms with Crippen LogP contribution < -0.4 is 9.84 Å². The summed E-state index contributed by atoms with van der Waals surface area (Å²) >= 11 is 0. The normalized spacial score (nSPS) is 9.50. The van der Waals surface area contributed by atoms with Crippen molar-refractivity contribution in [2.45, 2.75) is 0 Å². The molecule has 0 unspecified atom stereocenters. The maximum absolute atomic E-state index is 10.5. The maximum atomic E-state index is 10.5. The number of benzene rings is 1. The molecule has 6 heteroatoms. The lowest BCUT2D eigenvalue weighted by atomic mass is 10.2. The molecule has 1 rings (SSSR count). The van der Waals surface area contributed by atoms with E-state index in [0.717, 1.165) is 18.2 Å². The highest BCUT2D eigenvalue weighted by Gasteiger charge is 2.11. The number of nitro groups is 1. The van der Waals surface area contributed by atoms with Gasteiger partial charge in [-0.3, -0.25) is 10.1 Å². The number of rotatable bonds is 3. The Balaban J connectivity index is 3.25. The minimum Gasteiger partial charge on any atom is -0.545 e. The molecule has 0 heterocycles. The van der Waals surface area contributed by atoms with Crippen molar-refractivity contribution in [2.75, 3.05) is 7.11 Å². The Bertz CT molecular complexity index is 387. The van der Waals surface area contributed by atoms with E-state index in [1.807, 2.05) is 0 Å². The summed E-state index contributed by atoms with van der Waals surface area (Å²) < 4.78 is 4.67. The molecule has 1 aromatic rings. The third-order valence-corrected chi connectivity index (χ3v) is 1.62. The fourth-order valence-electron chi connectivity index (χ4n) is 0.962. The first-order chi connectivity index (χ1) is 6.56. The molecule has 0 atom stereocenters. The monoisotopic (exact) mass is 196 g/mol. The van der Waals surface area contributed by atoms with E-state index in [4.69, 9.17) is 0 Å². The van der Waals surface area contributed by atoms with E-state index in [1.165, 1.54) is 7.11 Å². The molecule has 14 heavy (non-hydrogen) atoms. The van der Waals surface area contributed by atoms with Crippen LogP contribution >= 0.6 is 0 Å². The summed E-state index contributed by atoms with van der Waals surface area (Å²) in [6.45, 7) is 0. The van der Waals surface area contributed by atoms with E-state index in [2.05, 4.69) is 4.74 Å². The summed E-state index contributed by atoms with van der Waals surface area (Å²) in [6.07, 6.45) is 0. The summed E-state index contributed by atoms with van der Waals surface area (Å²) in [6, 6.07) is 3.19. The zero-order valence-electron chi connectivity index (χ0n) is 7.22. The van der Waals surface area contributed by atoms with E-state index in [9.17, 15) is 20.0 Å². The Morgan fingerprint density at radius 3 is 2.57 bits per heavy atom. The second-order valence-electron chi connectivity index (χ2n) is 2.43. The molecule has 0 aromatic heterocycles. The Labute approximate surface area is 78.9 Å². The highest BCUT2D eigenvalue weighted by atomic mass is 16.6. The first kappa shape index (κ1) is 9.97. The van der Waals surface area contributed by atoms with Gasteiger partial charge in [-0.05, 0) is 6.07 Å². The number of non-ortho nitro benzene ring substituents is 1. The van der Waals surface area contributed by atoms with Gasteiger partial charge in [0.1, 0.15) is 5.75 Å². The number of carbonyl (C=O) groups is 1. The van der Waals surface area contributed by atoms with Crippen LogP contribution in [0.15, 0.2) is 18.2 Å². The van der Waals surface area contributed by atoms with Gasteiger partial charge in [0.25, 0.3) is 5.69 Å². The zero-order valence-corrected chi connectivity index (χ0v) is 7.22. The number of hydrogen-bond acceptors (Lipinski definition) is 5. The van der Waals surface area contributed by atoms with Crippen LogP contribution in [-0.2, 0) is 0 Å². The van der Waals surface area contributed by atoms with E-state index < -0.39 is 10.9 Å². The Morgan fingerprint density at radius 2 is 2.14 bits per heavy atom. The van der Waals surface area contributed by atoms with Crippen molar-refractivity contribution in [3.8, 4) is 5.75 Å². The molecule has 0 aliphatic carbocycles. The molecule has 0 saturated carbocycles. The van der Waals surface area contributed by atoms with Crippen LogP contribution in [0.25, 0.3) is 0 Å². The predicted octanol–water partition coefficient (Wildman–Crippen LogP) is -0.0331. The van der Waals surface area contributed by atoms with Crippen molar-refractivity contribution < 1.29 is 19.6 Å². The van der Waals surface area contributed by atoms with Gasteiger partial charge in [-0.1, -0.05) is 0 Å². The zero-order chi connectivity index (χ0) is 10.7. The predicted molar refractivity (Wildman–Crippen MR) is 44.0 cm³/mol. The number of nitrogens with zero attached hydrogens (tertiary/aromatic N) is 1. The van der Waals surface area contributed by atoms with Crippen molar-refractivity contribution in [1.29, 1.82) is 0 Å². The van der Waals surface area contributed by atoms with Crippen LogP contribution in [0.5, 0.6) is 5.75 Å². The molecular weight excluding hydrogens is 190 g/mol. The number of methoxy groups -OCH3 is 1. The molecule has 0 fully saturated rings. The minimum atomic E-state index is -1.43. The molecular formula is C8H6NO5-. The quantitative estimate of drug-likeness (QED) is 0.499. The molecule has 0 aliphatic rings. The molecule has 0 saturated heterocycles. The van der Waals surface area contributed by atoms with E-state index in [0.29, 0.717) is 0 Å². The SMILES string of the molecule is COc1cc([N+](=O)[O-])ccc1C(=O)[O-]. The summed E-state index contributed by atoms with van der Waals surface area (Å²) in [5.41, 5.74) is -0.440. The number of carbonyl (C=O) groups excluding carboxylic acids is 1. The highest BCUT2D eigenvalue weighted by molar-refractivity contribution is 5.89. The van der Waals surface area contributed by atoms with Crippen LogP contribution in [0, 0.1) is 10.1 Å². The Hall–Kier alpha value is -2.11. The topological polar surface area (TPSA) is 92.5 Å². The molecule has 0 radical (unpaired) electrons. The molecule has 0 spiro atoms. The lowest BCUT2D eigenvalue weighted by Crippen LogP contribution is -2.22. The van der Waals surface area contributed by atoms with Gasteiger partial charge in [0.05, 0.1) is 24.1 Å². The van der Waals surface area contributed by atoms with Gasteiger partial charge in [0, 0.05) is 11.6 Å². The van der Waals surface area contributed by atoms with Gasteiger partial charge in [-0.15, -0.1) is 0 Å². The number of nitro benzene ring substituents is 1. The number of carboxylic acid groups (broad SMARTS) is 1. The maximum Gasteiger partial charge on any atom is 0.273 e. The highest BCUT2D eigenvalue weighted by Crippen LogP contribution is 2.23. The van der Waals surface area contributed by atoms with Crippen LogP contribution in [0.4, 0.5) is 5.69 Å². The molecule has 6 nitrogen and oxygen atoms in total. The van der Waals surface area contributed by atoms with Gasteiger partial charge in [0.15, 0.2) is 0 Å². The Morgan fingerprint density at radius 1 is 1.50 bits per heavy atom. The van der Waals surface area contributed by atoms with Crippen molar-refractivity contribution in [3.63, 3.8) is 0 Å². The number of carboxylic acids is 1. The number of aromatic carboxylic acids is 1. The van der Waals surface area contributed by atoms with Crippen molar-refractivity contribution in [3.05, 3.63) is 33.9 Å². The number of ether oxygens (including phenoxy) is 1. The van der Waals surface area contributed by atoms with Crippen molar-refractivity contribution in [1.82, 2.24) is 0 Å². The third-order valence-electron chi connectivity index (χ3n) is 1.62. The van der Waals surface area contributed by atoms with Crippen molar-refractivity contribution in [2.24, 2.45) is 0 Å². The van der Waals surface area contributed by atoms with Crippen LogP contribution in [0.2, 0.25) is 0 Å². The molecule has 0 bridgehead atoms. The summed E-state index contributed by atoms with van der Waals surface area (Å²) in [4.78, 5) is 20.2. The van der Waals surface area contributed by atoms with Crippen LogP contribution in [0.1, 0.15) is 10.4 Å². The fourth-order valence-corrected chi connectivity index (χ4v) is 0.962. The molecule has 74 valence electrons. The fraction of sp³-hybridized carbons (Fsp3) is 0.125. The third kappa shape index (κ3) is 1.79. The van der Waals surface area contributed by atoms with Gasteiger partial charge >= 0.3 is 0 Å². The summed E-state index contributed by atoms with van der Waals surface area (Å²) in [7, 11) is 1.23. The summed E-state index contributed by atoms with van der Waals surface area (Å²) in [5.74, 6) is -1.52. The van der Waals surface area contributed by atoms with E-state index in [1.54, 1.807) is 0 Å². The molecule has 0 aliphatic heterocycles. The Kier molecular flexibility index (Phi) is 2.66. The number of hydrogen-bond donors (Lipinski definition) is 0. The lowest BCUT2D eigenvalue weighted by molar-refractivity contribution is -0.384. The van der Waals surface area contributed by atoms with E-state index >= 15 is 0 Å². The standard InChI is InChI=1S/C8H7NO5/c1-14-7-4-5(9(12)13)2-3-6(7)8(10)11/h2-4H,1H3,(H,10,11)/p-1. The van der Waals surface area contributed by atoms with Gasteiger partial charge < -0.3 is 14.6 Å².